The molecule has 0 unspecified atom stereocenters. The van der Waals surface area contributed by atoms with Crippen molar-refractivity contribution in [3.05, 3.63) is 253 Å². The Morgan fingerprint density at radius 3 is 0.613 bits per heavy atom. The van der Waals surface area contributed by atoms with Gasteiger partial charge in [0.05, 0.1) is 0 Å². The molecule has 9 rings (SSSR count). The van der Waals surface area contributed by atoms with Crippen LogP contribution in [0.2, 0.25) is 0 Å². The van der Waals surface area contributed by atoms with E-state index in [9.17, 15) is 0 Å². The van der Waals surface area contributed by atoms with Gasteiger partial charge in [0, 0.05) is 0 Å². The molecule has 0 amide bonds. The van der Waals surface area contributed by atoms with Gasteiger partial charge in [-0.15, -0.1) is 0 Å². The predicted octanol–water partition coefficient (Wildman–Crippen LogP) is 25.2. The molecule has 9 aromatic rings. The number of benzene rings is 9. The molecule has 0 aliphatic carbocycles. The quantitative estimate of drug-likeness (QED) is 0.156. The molecule has 75 heavy (non-hydrogen) atoms. The van der Waals surface area contributed by atoms with Crippen LogP contribution < -0.4 is 0 Å². The average Bonchev–Trinajstić information content (AvgIpc) is 3.53. The first-order valence-corrected chi connectivity index (χ1v) is 28.7. The lowest BCUT2D eigenvalue weighted by Crippen LogP contribution is -1.84. The number of rotatable bonds is 6. The molecule has 0 aliphatic rings. The first-order chi connectivity index (χ1) is 37.0. The molecule has 0 atom stereocenters. The average molecular weight is 1000 g/mol. The van der Waals surface area contributed by atoms with Gasteiger partial charge in [-0.1, -0.05) is 372 Å². The smallest absolute Gasteiger partial charge is 0.0105 e. The van der Waals surface area contributed by atoms with Gasteiger partial charge < -0.3 is 0 Å². The van der Waals surface area contributed by atoms with Gasteiger partial charge in [0.25, 0.3) is 0 Å². The van der Waals surface area contributed by atoms with Crippen LogP contribution in [0.4, 0.5) is 0 Å². The first-order valence-electron chi connectivity index (χ1n) is 28.7. The summed E-state index contributed by atoms with van der Waals surface area (Å²) in [6.07, 6.45) is 0. The Morgan fingerprint density at radius 1 is 0.147 bits per heavy atom. The summed E-state index contributed by atoms with van der Waals surface area (Å²) < 4.78 is 0. The summed E-state index contributed by atoms with van der Waals surface area (Å²) in [5.41, 5.74) is 19.1. The zero-order chi connectivity index (χ0) is 57.2. The molecule has 0 saturated carbocycles. The lowest BCUT2D eigenvalue weighted by molar-refractivity contribution is 1.47. The standard InChI is InChI=1S/3C19H16.9C2H6/c1-15-11-13-17(14-12-15)19-10-6-5-9-18(19)16-7-3-2-4-8-16;1-15-10-12-17(13-11-15)19-9-5-8-18(14-19)16-6-3-2-4-7-16;1-15-7-9-17(10-8-15)19-13-11-18(12-14-19)16-5-3-2-4-6-16;9*1-2/h3*2-14H,1H3;9*1-2H3. The molecule has 0 N–H and O–H groups in total. The summed E-state index contributed by atoms with van der Waals surface area (Å²) in [6, 6.07) is 83.6. The van der Waals surface area contributed by atoms with Gasteiger partial charge >= 0.3 is 0 Å². The summed E-state index contributed by atoms with van der Waals surface area (Å²) in [4.78, 5) is 0. The minimum absolute atomic E-state index is 1.26. The van der Waals surface area contributed by atoms with E-state index in [0.29, 0.717) is 0 Å². The Bertz CT molecular complexity index is 2570. The molecule has 0 spiro atoms. The zero-order valence-corrected chi connectivity index (χ0v) is 51.0. The first kappa shape index (κ1) is 72.2. The predicted molar refractivity (Wildman–Crippen MR) is 348 cm³/mol. The highest BCUT2D eigenvalue weighted by Gasteiger charge is 2.06. The molecule has 0 heterocycles. The number of hydrogen-bond donors (Lipinski definition) is 0. The van der Waals surface area contributed by atoms with E-state index in [1.54, 1.807) is 0 Å². The summed E-state index contributed by atoms with van der Waals surface area (Å²) in [6.45, 7) is 42.3. The molecule has 0 radical (unpaired) electrons. The van der Waals surface area contributed by atoms with Crippen LogP contribution in [0.25, 0.3) is 66.8 Å². The van der Waals surface area contributed by atoms with Crippen LogP contribution in [0.15, 0.2) is 237 Å². The SMILES string of the molecule is CC.CC.CC.CC.CC.CC.CC.CC.CC.Cc1ccc(-c2ccc(-c3ccccc3)cc2)cc1.Cc1ccc(-c2cccc(-c3ccccc3)c2)cc1.Cc1ccc(-c2ccccc2-c2ccccc2)cc1. The van der Waals surface area contributed by atoms with Crippen molar-refractivity contribution in [1.82, 2.24) is 0 Å². The van der Waals surface area contributed by atoms with Gasteiger partial charge in [-0.05, 0) is 93.6 Å². The van der Waals surface area contributed by atoms with Gasteiger partial charge in [0.2, 0.25) is 0 Å². The van der Waals surface area contributed by atoms with Crippen molar-refractivity contribution in [1.29, 1.82) is 0 Å². The van der Waals surface area contributed by atoms with E-state index >= 15 is 0 Å². The summed E-state index contributed by atoms with van der Waals surface area (Å²) >= 11 is 0. The molecule has 402 valence electrons. The van der Waals surface area contributed by atoms with E-state index in [0.717, 1.165) is 0 Å². The van der Waals surface area contributed by atoms with E-state index < -0.39 is 0 Å². The highest BCUT2D eigenvalue weighted by molar-refractivity contribution is 5.83. The van der Waals surface area contributed by atoms with Crippen molar-refractivity contribution in [3.8, 4) is 66.8 Å². The Kier molecular flexibility index (Phi) is 47.4. The fourth-order valence-corrected chi connectivity index (χ4v) is 6.82. The lowest BCUT2D eigenvalue weighted by atomic mass is 9.94. The molecular formula is C75H102. The second kappa shape index (κ2) is 49.2. The Balaban J connectivity index is -0.000000899. The summed E-state index contributed by atoms with van der Waals surface area (Å²) in [5.74, 6) is 0. The number of aryl methyl sites for hydroxylation is 3. The topological polar surface area (TPSA) is 0 Å². The van der Waals surface area contributed by atoms with Gasteiger partial charge in [-0.3, -0.25) is 0 Å². The molecular weight excluding hydrogens is 901 g/mol. The summed E-state index contributed by atoms with van der Waals surface area (Å²) in [5, 5.41) is 0. The minimum atomic E-state index is 1.26. The van der Waals surface area contributed by atoms with Crippen LogP contribution in [0, 0.1) is 20.8 Å². The third-order valence-electron chi connectivity index (χ3n) is 10.1. The molecule has 0 saturated heterocycles. The maximum Gasteiger partial charge on any atom is -0.0105 e. The fraction of sp³-hybridized carbons (Fsp3) is 0.280. The Morgan fingerprint density at radius 2 is 0.320 bits per heavy atom. The third-order valence-corrected chi connectivity index (χ3v) is 10.1. The minimum Gasteiger partial charge on any atom is -0.0683 e. The van der Waals surface area contributed by atoms with Crippen LogP contribution in [0.3, 0.4) is 0 Å². The van der Waals surface area contributed by atoms with Crippen molar-refractivity contribution in [2.45, 2.75) is 145 Å². The third kappa shape index (κ3) is 27.2. The summed E-state index contributed by atoms with van der Waals surface area (Å²) in [7, 11) is 0. The van der Waals surface area contributed by atoms with Gasteiger partial charge in [0.15, 0.2) is 0 Å². The normalized spacial score (nSPS) is 8.60. The van der Waals surface area contributed by atoms with Gasteiger partial charge in [-0.25, -0.2) is 0 Å². The van der Waals surface area contributed by atoms with Crippen molar-refractivity contribution >= 4 is 0 Å². The van der Waals surface area contributed by atoms with E-state index in [1.165, 1.54) is 83.5 Å². The largest absolute Gasteiger partial charge is 0.0683 e. The number of hydrogen-bond acceptors (Lipinski definition) is 0. The van der Waals surface area contributed by atoms with Crippen molar-refractivity contribution in [2.75, 3.05) is 0 Å². The maximum absolute atomic E-state index is 2.25. The molecule has 0 aromatic heterocycles. The second-order valence-corrected chi connectivity index (χ2v) is 14.4. The maximum atomic E-state index is 2.25. The van der Waals surface area contributed by atoms with E-state index in [1.807, 2.05) is 137 Å². The van der Waals surface area contributed by atoms with Crippen LogP contribution in [-0.4, -0.2) is 0 Å². The van der Waals surface area contributed by atoms with Crippen LogP contribution in [-0.2, 0) is 0 Å². The van der Waals surface area contributed by atoms with Crippen LogP contribution >= 0.6 is 0 Å². The molecule has 0 heteroatoms. The molecule has 0 aliphatic heterocycles. The van der Waals surface area contributed by atoms with Crippen LogP contribution in [0.1, 0.15) is 141 Å². The highest BCUT2D eigenvalue weighted by atomic mass is 14.1. The molecule has 0 fully saturated rings. The zero-order valence-electron chi connectivity index (χ0n) is 51.0. The van der Waals surface area contributed by atoms with Crippen molar-refractivity contribution < 1.29 is 0 Å². The van der Waals surface area contributed by atoms with Crippen molar-refractivity contribution in [2.24, 2.45) is 0 Å². The molecule has 9 aromatic carbocycles. The van der Waals surface area contributed by atoms with E-state index in [-0.39, 0.29) is 0 Å². The van der Waals surface area contributed by atoms with Gasteiger partial charge in [0.1, 0.15) is 0 Å². The fourth-order valence-electron chi connectivity index (χ4n) is 6.82. The highest BCUT2D eigenvalue weighted by Crippen LogP contribution is 2.32. The van der Waals surface area contributed by atoms with Crippen LogP contribution in [0.5, 0.6) is 0 Å². The Labute approximate surface area is 463 Å². The van der Waals surface area contributed by atoms with Crippen molar-refractivity contribution in [3.63, 3.8) is 0 Å². The molecule has 0 nitrogen and oxygen atoms in total. The Hall–Kier alpha value is -7.02. The monoisotopic (exact) mass is 1000 g/mol. The lowest BCUT2D eigenvalue weighted by Gasteiger charge is -2.10. The molecule has 0 bridgehead atoms. The van der Waals surface area contributed by atoms with Gasteiger partial charge in [-0.2, -0.15) is 0 Å². The second-order valence-electron chi connectivity index (χ2n) is 14.4. The van der Waals surface area contributed by atoms with E-state index in [2.05, 4.69) is 245 Å². The van der Waals surface area contributed by atoms with E-state index in [4.69, 9.17) is 0 Å².